The van der Waals surface area contributed by atoms with Gasteiger partial charge in [0.2, 0.25) is 15.6 Å². The fourth-order valence-electron chi connectivity index (χ4n) is 1.84. The van der Waals surface area contributed by atoms with Gasteiger partial charge in [0.1, 0.15) is 5.75 Å². The summed E-state index contributed by atoms with van der Waals surface area (Å²) in [6.07, 6.45) is 1.17. The van der Waals surface area contributed by atoms with Crippen LogP contribution in [-0.4, -0.2) is 20.5 Å². The molecule has 0 saturated carbocycles. The molecule has 0 aliphatic carbocycles. The van der Waals surface area contributed by atoms with E-state index in [1.165, 1.54) is 18.3 Å². The van der Waals surface area contributed by atoms with Gasteiger partial charge in [0.25, 0.3) is 0 Å². The number of benzene rings is 1. The van der Waals surface area contributed by atoms with Crippen LogP contribution in [0.15, 0.2) is 52.3 Å². The number of aromatic nitrogens is 1. The number of hydrogen-bond donors (Lipinski definition) is 2. The van der Waals surface area contributed by atoms with Crippen LogP contribution in [0, 0.1) is 0 Å². The molecule has 1 atom stereocenters. The topological polar surface area (TPSA) is 88.3 Å². The van der Waals surface area contributed by atoms with E-state index in [4.69, 9.17) is 4.74 Å². The molecule has 0 bridgehead atoms. The molecule has 0 saturated heterocycles. The van der Waals surface area contributed by atoms with Gasteiger partial charge in [0.05, 0.1) is 12.0 Å². The molecule has 0 radical (unpaired) electrons. The number of pyridine rings is 1. The first-order valence-corrected chi connectivity index (χ1v) is 7.76. The van der Waals surface area contributed by atoms with Crippen molar-refractivity contribution in [1.29, 1.82) is 0 Å². The van der Waals surface area contributed by atoms with Crippen LogP contribution < -0.4 is 15.0 Å². The normalized spacial score (nSPS) is 12.9. The maximum absolute atomic E-state index is 12.2. The van der Waals surface area contributed by atoms with Crippen LogP contribution in [0.4, 0.5) is 0 Å². The molecule has 1 aromatic carbocycles. The van der Waals surface area contributed by atoms with Gasteiger partial charge in [-0.1, -0.05) is 12.1 Å². The van der Waals surface area contributed by atoms with Crippen molar-refractivity contribution in [3.8, 4) is 5.75 Å². The molecule has 6 nitrogen and oxygen atoms in total. The van der Waals surface area contributed by atoms with Gasteiger partial charge in [-0.15, -0.1) is 0 Å². The molecular weight excluding hydrogens is 292 g/mol. The minimum absolute atomic E-state index is 0.0110. The average molecular weight is 308 g/mol. The number of ether oxygens (including phenoxy) is 1. The maximum Gasteiger partial charge on any atom is 0.247 e. The molecule has 0 aliphatic heterocycles. The quantitative estimate of drug-likeness (QED) is 0.874. The Morgan fingerprint density at radius 1 is 1.24 bits per heavy atom. The van der Waals surface area contributed by atoms with Crippen molar-refractivity contribution in [2.75, 3.05) is 7.11 Å². The predicted octanol–water partition coefficient (Wildman–Crippen LogP) is 1.42. The molecule has 112 valence electrons. The fourth-order valence-corrected chi connectivity index (χ4v) is 3.04. The minimum atomic E-state index is -3.70. The lowest BCUT2D eigenvalue weighted by molar-refractivity contribution is 0.413. The summed E-state index contributed by atoms with van der Waals surface area (Å²) in [6.45, 7) is 1.73. The monoisotopic (exact) mass is 308 g/mol. The first-order valence-electron chi connectivity index (χ1n) is 6.27. The van der Waals surface area contributed by atoms with Gasteiger partial charge >= 0.3 is 0 Å². The van der Waals surface area contributed by atoms with Crippen LogP contribution >= 0.6 is 0 Å². The van der Waals surface area contributed by atoms with E-state index >= 15 is 0 Å². The predicted molar refractivity (Wildman–Crippen MR) is 78.8 cm³/mol. The highest BCUT2D eigenvalue weighted by Crippen LogP contribution is 2.20. The summed E-state index contributed by atoms with van der Waals surface area (Å²) in [7, 11) is -2.16. The Morgan fingerprint density at radius 3 is 2.62 bits per heavy atom. The molecule has 21 heavy (non-hydrogen) atoms. The van der Waals surface area contributed by atoms with Crippen molar-refractivity contribution in [2.24, 2.45) is 0 Å². The molecule has 0 fully saturated rings. The second-order valence-electron chi connectivity index (χ2n) is 4.51. The van der Waals surface area contributed by atoms with Gasteiger partial charge in [-0.05, 0) is 30.7 Å². The lowest BCUT2D eigenvalue weighted by Crippen LogP contribution is -2.27. The third-order valence-corrected chi connectivity index (χ3v) is 4.53. The zero-order valence-electron chi connectivity index (χ0n) is 11.7. The molecule has 1 unspecified atom stereocenters. The molecule has 1 aromatic heterocycles. The van der Waals surface area contributed by atoms with E-state index < -0.39 is 16.1 Å². The number of aromatic amines is 1. The van der Waals surface area contributed by atoms with E-state index in [2.05, 4.69) is 9.71 Å². The number of sulfonamides is 1. The molecule has 2 N–H and O–H groups in total. The third-order valence-electron chi connectivity index (χ3n) is 2.99. The molecule has 0 amide bonds. The summed E-state index contributed by atoms with van der Waals surface area (Å²) < 4.78 is 32.1. The van der Waals surface area contributed by atoms with Crippen LogP contribution in [0.25, 0.3) is 0 Å². The lowest BCUT2D eigenvalue weighted by atomic mass is 10.1. The largest absolute Gasteiger partial charge is 0.497 e. The molecule has 0 spiro atoms. The Morgan fingerprint density at radius 2 is 2.00 bits per heavy atom. The summed E-state index contributed by atoms with van der Waals surface area (Å²) in [4.78, 5) is 13.3. The molecule has 7 heteroatoms. The maximum atomic E-state index is 12.2. The van der Waals surface area contributed by atoms with Crippen molar-refractivity contribution in [2.45, 2.75) is 17.9 Å². The summed E-state index contributed by atoms with van der Waals surface area (Å²) >= 11 is 0. The highest BCUT2D eigenvalue weighted by molar-refractivity contribution is 7.89. The Bertz CT molecular complexity index is 763. The number of methoxy groups -OCH3 is 1. The highest BCUT2D eigenvalue weighted by atomic mass is 32.2. The lowest BCUT2D eigenvalue weighted by Gasteiger charge is -2.15. The van der Waals surface area contributed by atoms with Gasteiger partial charge < -0.3 is 9.72 Å². The number of rotatable bonds is 5. The van der Waals surface area contributed by atoms with E-state index in [-0.39, 0.29) is 10.5 Å². The van der Waals surface area contributed by atoms with Crippen molar-refractivity contribution >= 4 is 10.0 Å². The highest BCUT2D eigenvalue weighted by Gasteiger charge is 2.18. The van der Waals surface area contributed by atoms with E-state index in [1.807, 2.05) is 6.07 Å². The van der Waals surface area contributed by atoms with Crippen molar-refractivity contribution in [1.82, 2.24) is 9.71 Å². The van der Waals surface area contributed by atoms with Crippen LogP contribution in [0.5, 0.6) is 5.75 Å². The smallest absolute Gasteiger partial charge is 0.247 e. The van der Waals surface area contributed by atoms with Gasteiger partial charge in [0, 0.05) is 18.3 Å². The Balaban J connectivity index is 2.23. The van der Waals surface area contributed by atoms with Crippen molar-refractivity contribution in [3.05, 3.63) is 58.5 Å². The first kappa shape index (κ1) is 15.3. The van der Waals surface area contributed by atoms with Gasteiger partial charge in [-0.25, -0.2) is 13.1 Å². The van der Waals surface area contributed by atoms with E-state index in [0.29, 0.717) is 5.75 Å². The summed E-state index contributed by atoms with van der Waals surface area (Å²) in [5.41, 5.74) is 0.428. The summed E-state index contributed by atoms with van der Waals surface area (Å²) in [6, 6.07) is 9.15. The van der Waals surface area contributed by atoms with Crippen LogP contribution in [0.1, 0.15) is 18.5 Å². The average Bonchev–Trinajstić information content (AvgIpc) is 2.47. The fraction of sp³-hybridized carbons (Fsp3) is 0.214. The van der Waals surface area contributed by atoms with Crippen LogP contribution in [0.2, 0.25) is 0 Å². The van der Waals surface area contributed by atoms with Crippen molar-refractivity contribution in [3.63, 3.8) is 0 Å². The van der Waals surface area contributed by atoms with E-state index in [1.54, 1.807) is 32.2 Å². The van der Waals surface area contributed by atoms with E-state index in [0.717, 1.165) is 5.56 Å². The molecule has 1 heterocycles. The minimum Gasteiger partial charge on any atom is -0.497 e. The molecule has 0 aliphatic rings. The second kappa shape index (κ2) is 6.11. The van der Waals surface area contributed by atoms with Crippen molar-refractivity contribution < 1.29 is 13.2 Å². The van der Waals surface area contributed by atoms with Crippen LogP contribution in [-0.2, 0) is 10.0 Å². The molecular formula is C14H16N2O4S. The summed E-state index contributed by atoms with van der Waals surface area (Å²) in [5, 5.41) is 0. The van der Waals surface area contributed by atoms with Gasteiger partial charge in [-0.2, -0.15) is 0 Å². The Hall–Kier alpha value is -2.12. The van der Waals surface area contributed by atoms with E-state index in [9.17, 15) is 13.2 Å². The molecule has 2 aromatic rings. The SMILES string of the molecule is COc1cccc(C(C)NS(=O)(=O)c2ccc(=O)[nH]c2)c1. The standard InChI is InChI=1S/C14H16N2O4S/c1-10(11-4-3-5-12(8-11)20-2)16-21(18,19)13-6-7-14(17)15-9-13/h3-10,16H,1-2H3,(H,15,17). The van der Waals surface area contributed by atoms with Crippen LogP contribution in [0.3, 0.4) is 0 Å². The number of hydrogen-bond acceptors (Lipinski definition) is 4. The third kappa shape index (κ3) is 3.71. The van der Waals surface area contributed by atoms with Gasteiger partial charge in [-0.3, -0.25) is 4.79 Å². The zero-order chi connectivity index (χ0) is 15.5. The second-order valence-corrected chi connectivity index (χ2v) is 6.22. The van der Waals surface area contributed by atoms with Gasteiger partial charge in [0.15, 0.2) is 0 Å². The Kier molecular flexibility index (Phi) is 4.44. The molecule has 2 rings (SSSR count). The first-order chi connectivity index (χ1) is 9.92. The Labute approximate surface area is 122 Å². The summed E-state index contributed by atoms with van der Waals surface area (Å²) in [5.74, 6) is 0.655. The zero-order valence-corrected chi connectivity index (χ0v) is 12.5. The number of nitrogens with one attached hydrogen (secondary N) is 2. The number of H-pyrrole nitrogens is 1.